The van der Waals surface area contributed by atoms with Crippen LogP contribution in [0.4, 0.5) is 11.5 Å². The van der Waals surface area contributed by atoms with Gasteiger partial charge in [-0.2, -0.15) is 0 Å². The minimum Gasteiger partial charge on any atom is -0.476 e. The lowest BCUT2D eigenvalue weighted by molar-refractivity contribution is 0.0696. The van der Waals surface area contributed by atoms with Gasteiger partial charge in [-0.3, -0.25) is 0 Å². The SMILES string of the molecule is O=C(O)c1nc2ccc3ncnc(Nc4ccc5c(c4)OCO5)c3c2s1. The molecule has 3 heterocycles. The molecule has 0 bridgehead atoms. The first-order valence-electron chi connectivity index (χ1n) is 7.63. The van der Waals surface area contributed by atoms with Crippen molar-refractivity contribution in [1.82, 2.24) is 15.0 Å². The van der Waals surface area contributed by atoms with E-state index in [-0.39, 0.29) is 11.8 Å². The van der Waals surface area contributed by atoms with Crippen molar-refractivity contribution in [1.29, 1.82) is 0 Å². The average molecular weight is 366 g/mol. The predicted octanol–water partition coefficient (Wildman–Crippen LogP) is 3.41. The first kappa shape index (κ1) is 14.8. The van der Waals surface area contributed by atoms with Gasteiger partial charge < -0.3 is 19.9 Å². The van der Waals surface area contributed by atoms with Gasteiger partial charge in [-0.1, -0.05) is 0 Å². The van der Waals surface area contributed by atoms with Crippen LogP contribution in [0.5, 0.6) is 11.5 Å². The fourth-order valence-corrected chi connectivity index (χ4v) is 3.77. The van der Waals surface area contributed by atoms with E-state index in [4.69, 9.17) is 9.47 Å². The number of nitrogens with one attached hydrogen (secondary N) is 1. The van der Waals surface area contributed by atoms with Crippen molar-refractivity contribution in [2.75, 3.05) is 12.1 Å². The van der Waals surface area contributed by atoms with Crippen molar-refractivity contribution in [3.63, 3.8) is 0 Å². The second-order valence-corrected chi connectivity index (χ2v) is 6.55. The number of carboxylic acids is 1. The molecular formula is C17H10N4O4S. The number of fused-ring (bicyclic) bond motifs is 4. The quantitative estimate of drug-likeness (QED) is 0.568. The fraction of sp³-hybridized carbons (Fsp3) is 0.0588. The first-order chi connectivity index (χ1) is 12.7. The van der Waals surface area contributed by atoms with Crippen LogP contribution in [0.1, 0.15) is 9.80 Å². The molecule has 1 aliphatic heterocycles. The number of carbonyl (C=O) groups is 1. The molecule has 0 fully saturated rings. The molecule has 8 nitrogen and oxygen atoms in total. The number of carboxylic acid groups (broad SMARTS) is 1. The van der Waals surface area contributed by atoms with Gasteiger partial charge in [-0.15, -0.1) is 11.3 Å². The van der Waals surface area contributed by atoms with E-state index in [2.05, 4.69) is 20.3 Å². The molecular weight excluding hydrogens is 356 g/mol. The van der Waals surface area contributed by atoms with Crippen LogP contribution in [0.15, 0.2) is 36.7 Å². The van der Waals surface area contributed by atoms with Crippen LogP contribution in [0.2, 0.25) is 0 Å². The minimum absolute atomic E-state index is 0.0328. The summed E-state index contributed by atoms with van der Waals surface area (Å²) in [6.45, 7) is 0.203. The van der Waals surface area contributed by atoms with Crippen LogP contribution in [0.25, 0.3) is 21.1 Å². The van der Waals surface area contributed by atoms with E-state index >= 15 is 0 Å². The van der Waals surface area contributed by atoms with E-state index in [9.17, 15) is 9.90 Å². The number of ether oxygens (including phenoxy) is 2. The number of aromatic carboxylic acids is 1. The molecule has 0 amide bonds. The first-order valence-corrected chi connectivity index (χ1v) is 8.45. The van der Waals surface area contributed by atoms with E-state index in [1.165, 1.54) is 6.33 Å². The molecule has 4 aromatic rings. The Bertz CT molecular complexity index is 1190. The Kier molecular flexibility index (Phi) is 3.16. The Hall–Kier alpha value is -3.46. The number of rotatable bonds is 3. The highest BCUT2D eigenvalue weighted by molar-refractivity contribution is 7.21. The largest absolute Gasteiger partial charge is 0.476 e. The summed E-state index contributed by atoms with van der Waals surface area (Å²) in [5.41, 5.74) is 2.08. The van der Waals surface area contributed by atoms with E-state index in [1.54, 1.807) is 12.1 Å². The Morgan fingerprint density at radius 2 is 1.96 bits per heavy atom. The molecule has 1 aliphatic rings. The predicted molar refractivity (Wildman–Crippen MR) is 95.5 cm³/mol. The zero-order valence-electron chi connectivity index (χ0n) is 13.1. The maximum Gasteiger partial charge on any atom is 0.365 e. The zero-order valence-corrected chi connectivity index (χ0v) is 13.9. The highest BCUT2D eigenvalue weighted by Gasteiger charge is 2.17. The fourth-order valence-electron chi connectivity index (χ4n) is 2.83. The van der Waals surface area contributed by atoms with Gasteiger partial charge in [0.05, 0.1) is 21.1 Å². The van der Waals surface area contributed by atoms with Crippen molar-refractivity contribution in [2.45, 2.75) is 0 Å². The van der Waals surface area contributed by atoms with Gasteiger partial charge in [0.1, 0.15) is 12.1 Å². The summed E-state index contributed by atoms with van der Waals surface area (Å²) in [6.07, 6.45) is 1.46. The number of thiazole rings is 1. The molecule has 2 aromatic heterocycles. The number of nitrogens with zero attached hydrogens (tertiary/aromatic N) is 3. The average Bonchev–Trinajstić information content (AvgIpc) is 3.28. The third kappa shape index (κ3) is 2.29. The van der Waals surface area contributed by atoms with Crippen LogP contribution in [-0.4, -0.2) is 32.8 Å². The topological polar surface area (TPSA) is 106 Å². The molecule has 128 valence electrons. The van der Waals surface area contributed by atoms with Crippen molar-refractivity contribution < 1.29 is 19.4 Å². The zero-order chi connectivity index (χ0) is 17.7. The summed E-state index contributed by atoms with van der Waals surface area (Å²) in [5.74, 6) is 0.866. The standard InChI is InChI=1S/C17H10N4O4S/c22-17(23)16-21-10-3-2-9-13(14(10)26-16)15(19-6-18-9)20-8-1-4-11-12(5-8)25-7-24-11/h1-6H,7H2,(H,22,23)(H,18,19,20). The lowest BCUT2D eigenvalue weighted by atomic mass is 10.2. The molecule has 0 spiro atoms. The van der Waals surface area contributed by atoms with E-state index in [0.717, 1.165) is 27.1 Å². The lowest BCUT2D eigenvalue weighted by Gasteiger charge is -2.09. The lowest BCUT2D eigenvalue weighted by Crippen LogP contribution is -1.96. The molecule has 5 rings (SSSR count). The molecule has 2 aromatic carbocycles. The molecule has 0 radical (unpaired) electrons. The highest BCUT2D eigenvalue weighted by Crippen LogP contribution is 2.37. The number of benzene rings is 2. The van der Waals surface area contributed by atoms with Crippen LogP contribution in [-0.2, 0) is 0 Å². The molecule has 0 atom stereocenters. The summed E-state index contributed by atoms with van der Waals surface area (Å²) in [6, 6.07) is 9.06. The van der Waals surface area contributed by atoms with Crippen LogP contribution < -0.4 is 14.8 Å². The van der Waals surface area contributed by atoms with Crippen LogP contribution in [0, 0.1) is 0 Å². The second-order valence-electron chi connectivity index (χ2n) is 5.55. The summed E-state index contributed by atoms with van der Waals surface area (Å²) in [7, 11) is 0. The Labute approximate surface area is 150 Å². The van der Waals surface area contributed by atoms with Crippen molar-refractivity contribution in [3.05, 3.63) is 41.7 Å². The Morgan fingerprint density at radius 1 is 1.12 bits per heavy atom. The number of aromatic nitrogens is 3. The molecule has 9 heteroatoms. The number of anilines is 2. The van der Waals surface area contributed by atoms with Gasteiger partial charge in [0, 0.05) is 11.8 Å². The molecule has 0 saturated heterocycles. The molecule has 2 N–H and O–H groups in total. The summed E-state index contributed by atoms with van der Waals surface area (Å²) >= 11 is 1.10. The van der Waals surface area contributed by atoms with E-state index < -0.39 is 5.97 Å². The summed E-state index contributed by atoms with van der Waals surface area (Å²) in [4.78, 5) is 24.0. The highest BCUT2D eigenvalue weighted by atomic mass is 32.1. The van der Waals surface area contributed by atoms with Crippen LogP contribution >= 0.6 is 11.3 Å². The third-order valence-corrected chi connectivity index (χ3v) is 5.05. The van der Waals surface area contributed by atoms with Crippen molar-refractivity contribution >= 4 is 49.9 Å². The smallest absolute Gasteiger partial charge is 0.365 e. The summed E-state index contributed by atoms with van der Waals surface area (Å²) in [5, 5.41) is 13.2. The van der Waals surface area contributed by atoms with Crippen molar-refractivity contribution in [2.24, 2.45) is 0 Å². The normalized spacial score (nSPS) is 12.6. The van der Waals surface area contributed by atoms with Gasteiger partial charge >= 0.3 is 5.97 Å². The minimum atomic E-state index is -1.05. The maximum atomic E-state index is 11.3. The molecule has 26 heavy (non-hydrogen) atoms. The Morgan fingerprint density at radius 3 is 2.85 bits per heavy atom. The maximum absolute atomic E-state index is 11.3. The Balaban J connectivity index is 1.67. The van der Waals surface area contributed by atoms with Crippen LogP contribution in [0.3, 0.4) is 0 Å². The van der Waals surface area contributed by atoms with Gasteiger partial charge in [0.2, 0.25) is 11.8 Å². The molecule has 0 unspecified atom stereocenters. The number of hydrogen-bond donors (Lipinski definition) is 2. The van der Waals surface area contributed by atoms with E-state index in [1.807, 2.05) is 18.2 Å². The van der Waals surface area contributed by atoms with Gasteiger partial charge in [0.25, 0.3) is 0 Å². The molecule has 0 aliphatic carbocycles. The van der Waals surface area contributed by atoms with Gasteiger partial charge in [-0.25, -0.2) is 19.7 Å². The third-order valence-electron chi connectivity index (χ3n) is 3.97. The second kappa shape index (κ2) is 5.53. The number of hydrogen-bond acceptors (Lipinski definition) is 8. The van der Waals surface area contributed by atoms with E-state index in [0.29, 0.717) is 28.4 Å². The monoisotopic (exact) mass is 366 g/mol. The summed E-state index contributed by atoms with van der Waals surface area (Å²) < 4.78 is 11.4. The van der Waals surface area contributed by atoms with Crippen molar-refractivity contribution in [3.8, 4) is 11.5 Å². The van der Waals surface area contributed by atoms with Gasteiger partial charge in [0.15, 0.2) is 11.5 Å². The molecule has 0 saturated carbocycles. The van der Waals surface area contributed by atoms with Gasteiger partial charge in [-0.05, 0) is 24.3 Å².